The zero-order valence-electron chi connectivity index (χ0n) is 11.5. The summed E-state index contributed by atoms with van der Waals surface area (Å²) in [6.45, 7) is 0.390. The van der Waals surface area contributed by atoms with Gasteiger partial charge in [-0.1, -0.05) is 12.8 Å². The number of thioether (sulfide) groups is 1. The molecule has 0 spiro atoms. The van der Waals surface area contributed by atoms with Gasteiger partial charge in [-0.3, -0.25) is 0 Å². The van der Waals surface area contributed by atoms with Crippen molar-refractivity contribution < 1.29 is 8.42 Å². The molecule has 1 N–H and O–H groups in total. The van der Waals surface area contributed by atoms with Crippen LogP contribution in [-0.4, -0.2) is 32.0 Å². The quantitative estimate of drug-likeness (QED) is 0.706. The van der Waals surface area contributed by atoms with Gasteiger partial charge in [0.1, 0.15) is 11.0 Å². The first-order chi connectivity index (χ1) is 9.61. The van der Waals surface area contributed by atoms with E-state index in [4.69, 9.17) is 5.26 Å². The molecule has 1 heterocycles. The van der Waals surface area contributed by atoms with Crippen LogP contribution in [0.25, 0.3) is 0 Å². The summed E-state index contributed by atoms with van der Waals surface area (Å²) in [5.41, 5.74) is -0.0695. The SMILES string of the molecule is CSCCCCCCNS(=O)(=O)c1cccnc1C#N. The Labute approximate surface area is 124 Å². The van der Waals surface area contributed by atoms with E-state index in [2.05, 4.69) is 16.0 Å². The number of nitriles is 1. The topological polar surface area (TPSA) is 82.8 Å². The molecule has 0 amide bonds. The maximum Gasteiger partial charge on any atom is 0.243 e. The third kappa shape index (κ3) is 5.49. The first-order valence-corrected chi connectivity index (χ1v) is 9.33. The van der Waals surface area contributed by atoms with Gasteiger partial charge in [-0.25, -0.2) is 18.1 Å². The number of pyridine rings is 1. The van der Waals surface area contributed by atoms with Gasteiger partial charge >= 0.3 is 0 Å². The summed E-state index contributed by atoms with van der Waals surface area (Å²) in [6, 6.07) is 4.70. The first-order valence-electron chi connectivity index (χ1n) is 6.45. The molecule has 1 rings (SSSR count). The van der Waals surface area contributed by atoms with Gasteiger partial charge in [0.25, 0.3) is 0 Å². The molecule has 0 radical (unpaired) electrons. The predicted octanol–water partition coefficient (Wildman–Crippen LogP) is 2.15. The van der Waals surface area contributed by atoms with Gasteiger partial charge in [0, 0.05) is 12.7 Å². The van der Waals surface area contributed by atoms with Crippen molar-refractivity contribution >= 4 is 21.8 Å². The van der Waals surface area contributed by atoms with Crippen LogP contribution < -0.4 is 4.72 Å². The number of aromatic nitrogens is 1. The molecule has 0 aromatic carbocycles. The Morgan fingerprint density at radius 2 is 2.10 bits per heavy atom. The Morgan fingerprint density at radius 1 is 1.35 bits per heavy atom. The van der Waals surface area contributed by atoms with Crippen LogP contribution in [0.15, 0.2) is 23.2 Å². The zero-order chi connectivity index (χ0) is 14.8. The van der Waals surface area contributed by atoms with E-state index in [-0.39, 0.29) is 10.6 Å². The second-order valence-electron chi connectivity index (χ2n) is 4.27. The van der Waals surface area contributed by atoms with Crippen molar-refractivity contribution in [3.8, 4) is 6.07 Å². The van der Waals surface area contributed by atoms with Gasteiger partial charge in [0.15, 0.2) is 5.69 Å². The van der Waals surface area contributed by atoms with Crippen molar-refractivity contribution in [2.75, 3.05) is 18.6 Å². The second-order valence-corrected chi connectivity index (χ2v) is 6.99. The van der Waals surface area contributed by atoms with Crippen LogP contribution >= 0.6 is 11.8 Å². The van der Waals surface area contributed by atoms with Crippen molar-refractivity contribution in [2.24, 2.45) is 0 Å². The molecular formula is C13H19N3O2S2. The molecule has 0 aliphatic carbocycles. The highest BCUT2D eigenvalue weighted by atomic mass is 32.2. The fraction of sp³-hybridized carbons (Fsp3) is 0.538. The molecule has 0 aliphatic rings. The Morgan fingerprint density at radius 3 is 2.80 bits per heavy atom. The highest BCUT2D eigenvalue weighted by Crippen LogP contribution is 2.12. The lowest BCUT2D eigenvalue weighted by molar-refractivity contribution is 0.573. The minimum Gasteiger partial charge on any atom is -0.244 e. The van der Waals surface area contributed by atoms with Gasteiger partial charge in [-0.05, 0) is 37.0 Å². The number of sulfonamides is 1. The van der Waals surface area contributed by atoms with Crippen molar-refractivity contribution in [2.45, 2.75) is 30.6 Å². The third-order valence-corrected chi connectivity index (χ3v) is 4.92. The van der Waals surface area contributed by atoms with E-state index in [0.717, 1.165) is 31.4 Å². The summed E-state index contributed by atoms with van der Waals surface area (Å²) in [4.78, 5) is 3.71. The lowest BCUT2D eigenvalue weighted by atomic mass is 10.2. The average molecular weight is 313 g/mol. The molecule has 0 fully saturated rings. The van der Waals surface area contributed by atoms with Crippen LogP contribution in [0.5, 0.6) is 0 Å². The minimum absolute atomic E-state index is 0.0510. The van der Waals surface area contributed by atoms with Gasteiger partial charge < -0.3 is 0 Å². The molecule has 0 saturated carbocycles. The third-order valence-electron chi connectivity index (χ3n) is 2.73. The lowest BCUT2D eigenvalue weighted by Gasteiger charge is -2.07. The van der Waals surface area contributed by atoms with Crippen molar-refractivity contribution in [3.05, 3.63) is 24.0 Å². The summed E-state index contributed by atoms with van der Waals surface area (Å²) in [5, 5.41) is 8.87. The van der Waals surface area contributed by atoms with Crippen LogP contribution in [0.2, 0.25) is 0 Å². The Bertz CT molecular complexity index is 553. The molecule has 0 bridgehead atoms. The fourth-order valence-corrected chi connectivity index (χ4v) is 3.37. The molecule has 1 aromatic rings. The Kier molecular flexibility index (Phi) is 7.59. The van der Waals surface area contributed by atoms with E-state index in [1.807, 2.05) is 11.8 Å². The summed E-state index contributed by atoms with van der Waals surface area (Å²) in [5.74, 6) is 1.15. The highest BCUT2D eigenvalue weighted by molar-refractivity contribution is 7.98. The van der Waals surface area contributed by atoms with Crippen LogP contribution in [0.3, 0.4) is 0 Å². The summed E-state index contributed by atoms with van der Waals surface area (Å²) in [6.07, 6.45) is 7.56. The summed E-state index contributed by atoms with van der Waals surface area (Å²) < 4.78 is 26.6. The maximum atomic E-state index is 12.0. The van der Waals surface area contributed by atoms with Crippen LogP contribution in [0.4, 0.5) is 0 Å². The molecular weight excluding hydrogens is 294 g/mol. The van der Waals surface area contributed by atoms with E-state index in [9.17, 15) is 8.42 Å². The van der Waals surface area contributed by atoms with Gasteiger partial charge in [0.05, 0.1) is 0 Å². The molecule has 5 nitrogen and oxygen atoms in total. The van der Waals surface area contributed by atoms with E-state index >= 15 is 0 Å². The first kappa shape index (κ1) is 17.0. The molecule has 0 atom stereocenters. The molecule has 0 aliphatic heterocycles. The predicted molar refractivity (Wildman–Crippen MR) is 81.0 cm³/mol. The lowest BCUT2D eigenvalue weighted by Crippen LogP contribution is -2.25. The fourth-order valence-electron chi connectivity index (χ4n) is 1.70. The maximum absolute atomic E-state index is 12.0. The van der Waals surface area contributed by atoms with Crippen molar-refractivity contribution in [1.82, 2.24) is 9.71 Å². The Balaban J connectivity index is 2.45. The number of nitrogens with zero attached hydrogens (tertiary/aromatic N) is 2. The monoisotopic (exact) mass is 313 g/mol. The number of nitrogens with one attached hydrogen (secondary N) is 1. The number of hydrogen-bond acceptors (Lipinski definition) is 5. The number of rotatable bonds is 9. The molecule has 1 aromatic heterocycles. The largest absolute Gasteiger partial charge is 0.244 e. The number of hydrogen-bond donors (Lipinski definition) is 1. The minimum atomic E-state index is -3.64. The molecule has 0 unspecified atom stereocenters. The normalized spacial score (nSPS) is 11.2. The smallest absolute Gasteiger partial charge is 0.243 e. The zero-order valence-corrected chi connectivity index (χ0v) is 13.1. The van der Waals surface area contributed by atoms with E-state index in [1.165, 1.54) is 18.3 Å². The van der Waals surface area contributed by atoms with Crippen molar-refractivity contribution in [1.29, 1.82) is 5.26 Å². The van der Waals surface area contributed by atoms with E-state index in [1.54, 1.807) is 6.07 Å². The average Bonchev–Trinajstić information content (AvgIpc) is 2.46. The van der Waals surface area contributed by atoms with Crippen LogP contribution in [0.1, 0.15) is 31.4 Å². The molecule has 110 valence electrons. The number of unbranched alkanes of at least 4 members (excludes halogenated alkanes) is 3. The molecule has 20 heavy (non-hydrogen) atoms. The van der Waals surface area contributed by atoms with Gasteiger partial charge in [-0.2, -0.15) is 17.0 Å². The van der Waals surface area contributed by atoms with Gasteiger partial charge in [0.2, 0.25) is 10.0 Å². The molecule has 7 heteroatoms. The van der Waals surface area contributed by atoms with E-state index in [0.29, 0.717) is 6.54 Å². The van der Waals surface area contributed by atoms with Crippen LogP contribution in [0, 0.1) is 11.3 Å². The Hall–Kier alpha value is -1.10. The van der Waals surface area contributed by atoms with Crippen LogP contribution in [-0.2, 0) is 10.0 Å². The highest BCUT2D eigenvalue weighted by Gasteiger charge is 2.18. The summed E-state index contributed by atoms with van der Waals surface area (Å²) >= 11 is 1.82. The van der Waals surface area contributed by atoms with Crippen molar-refractivity contribution in [3.63, 3.8) is 0 Å². The molecule has 0 saturated heterocycles. The summed E-state index contributed by atoms with van der Waals surface area (Å²) in [7, 11) is -3.64. The standard InChI is InChI=1S/C13H19N3O2S2/c1-19-10-5-3-2-4-9-16-20(17,18)13-7-6-8-15-12(13)11-14/h6-8,16H,2-5,9-10H2,1H3. The van der Waals surface area contributed by atoms with E-state index < -0.39 is 10.0 Å². The van der Waals surface area contributed by atoms with Gasteiger partial charge in [-0.15, -0.1) is 0 Å². The second kappa shape index (κ2) is 8.95.